The van der Waals surface area contributed by atoms with E-state index >= 15 is 0 Å². The van der Waals surface area contributed by atoms with E-state index in [0.717, 1.165) is 22.0 Å². The number of amides is 3. The molecule has 0 spiro atoms. The van der Waals surface area contributed by atoms with Crippen LogP contribution in [0.15, 0.2) is 70.8 Å². The number of pyridine rings is 1. The number of nitrogens with one attached hydrogen (secondary N) is 5. The van der Waals surface area contributed by atoms with Gasteiger partial charge in [-0.1, -0.05) is 59.2 Å². The second-order valence-electron chi connectivity index (χ2n) is 12.0. The Morgan fingerprint density at radius 3 is 2.39 bits per heavy atom. The van der Waals surface area contributed by atoms with Crippen LogP contribution in [0.4, 0.5) is 0 Å². The Hall–Kier alpha value is -3.65. The predicted molar refractivity (Wildman–Crippen MR) is 194 cm³/mol. The van der Waals surface area contributed by atoms with Crippen LogP contribution in [-0.2, 0) is 33.9 Å². The molecule has 2 aromatic heterocycles. The summed E-state index contributed by atoms with van der Waals surface area (Å²) in [4.78, 5) is 50.3. The molecule has 0 fully saturated rings. The van der Waals surface area contributed by atoms with Crippen molar-refractivity contribution in [2.24, 2.45) is 11.5 Å². The van der Waals surface area contributed by atoms with Crippen LogP contribution in [0.5, 0.6) is 0 Å². The summed E-state index contributed by atoms with van der Waals surface area (Å²) in [5.74, 6) is -1.18. The van der Waals surface area contributed by atoms with Gasteiger partial charge in [0.05, 0.1) is 11.1 Å². The van der Waals surface area contributed by atoms with E-state index in [4.69, 9.17) is 34.7 Å². The molecule has 1 aliphatic rings. The Bertz CT molecular complexity index is 1770. The fraction of sp³-hybridized carbons (Fsp3) is 0.371. The minimum atomic E-state index is -0.962. The third kappa shape index (κ3) is 9.74. The lowest BCUT2D eigenvalue weighted by atomic mass is 10.0. The number of carbonyl (C=O) groups excluding carboxylic acids is 3. The Labute approximate surface area is 300 Å². The zero-order chi connectivity index (χ0) is 34.8. The van der Waals surface area contributed by atoms with Crippen LogP contribution in [0.1, 0.15) is 48.8 Å². The van der Waals surface area contributed by atoms with Gasteiger partial charge in [0.1, 0.15) is 17.1 Å². The van der Waals surface area contributed by atoms with E-state index in [1.54, 1.807) is 18.3 Å². The monoisotopic (exact) mass is 724 g/mol. The molecular weight excluding hydrogens is 683 g/mol. The third-order valence-corrected chi connectivity index (χ3v) is 10.3. The summed E-state index contributed by atoms with van der Waals surface area (Å²) in [6, 6.07) is 12.4. The summed E-state index contributed by atoms with van der Waals surface area (Å²) in [7, 11) is 0. The molecule has 0 saturated heterocycles. The molecule has 14 heteroatoms. The van der Waals surface area contributed by atoms with Crippen molar-refractivity contribution in [3.8, 4) is 0 Å². The van der Waals surface area contributed by atoms with Gasteiger partial charge in [0.2, 0.25) is 17.7 Å². The Morgan fingerprint density at radius 2 is 1.57 bits per heavy atom. The van der Waals surface area contributed by atoms with Gasteiger partial charge in [-0.2, -0.15) is 0 Å². The van der Waals surface area contributed by atoms with Crippen molar-refractivity contribution in [2.75, 3.05) is 13.1 Å². The normalized spacial score (nSPS) is 19.3. The number of aromatic amines is 1. The number of aromatic nitrogens is 2. The largest absolute Gasteiger partial charge is 0.361 e. The van der Waals surface area contributed by atoms with Gasteiger partial charge in [-0.3, -0.25) is 14.4 Å². The number of carbonyl (C=O) groups is 3. The van der Waals surface area contributed by atoms with E-state index < -0.39 is 29.9 Å². The number of nitrogens with two attached hydrogens (primary N) is 2. The maximum atomic E-state index is 14.0. The van der Waals surface area contributed by atoms with Gasteiger partial charge >= 0.3 is 0 Å². The number of hydrogen-bond acceptors (Lipinski definition) is 8. The maximum Gasteiger partial charge on any atom is 0.243 e. The van der Waals surface area contributed by atoms with Crippen LogP contribution >= 0.6 is 35.0 Å². The summed E-state index contributed by atoms with van der Waals surface area (Å²) < 4.78 is 0. The molecule has 0 unspecified atom stereocenters. The van der Waals surface area contributed by atoms with Gasteiger partial charge in [0, 0.05) is 52.7 Å². The molecule has 0 radical (unpaired) electrons. The van der Waals surface area contributed by atoms with E-state index in [1.165, 1.54) is 11.8 Å². The molecule has 49 heavy (non-hydrogen) atoms. The first-order valence-electron chi connectivity index (χ1n) is 16.4. The first-order chi connectivity index (χ1) is 23.8. The molecule has 2 aromatic carbocycles. The highest BCUT2D eigenvalue weighted by atomic mass is 35.5. The molecule has 0 saturated carbocycles. The van der Waals surface area contributed by atoms with E-state index in [9.17, 15) is 14.4 Å². The van der Waals surface area contributed by atoms with Crippen LogP contribution in [0.3, 0.4) is 0 Å². The summed E-state index contributed by atoms with van der Waals surface area (Å²) in [5, 5.41) is 14.8. The Morgan fingerprint density at radius 1 is 0.816 bits per heavy atom. The van der Waals surface area contributed by atoms with Gasteiger partial charge in [-0.15, -0.1) is 0 Å². The lowest BCUT2D eigenvalue weighted by molar-refractivity contribution is -0.132. The molecule has 5 rings (SSSR count). The number of hydrogen-bond donors (Lipinski definition) is 7. The van der Waals surface area contributed by atoms with E-state index in [1.807, 2.05) is 42.6 Å². The quantitative estimate of drug-likeness (QED) is 0.126. The van der Waals surface area contributed by atoms with E-state index in [-0.39, 0.29) is 18.9 Å². The van der Waals surface area contributed by atoms with Crippen LogP contribution in [0.2, 0.25) is 10.0 Å². The third-order valence-electron chi connectivity index (χ3n) is 8.45. The van der Waals surface area contributed by atoms with Gasteiger partial charge < -0.3 is 37.7 Å². The molecule has 1 aliphatic heterocycles. The molecule has 4 aromatic rings. The van der Waals surface area contributed by atoms with Crippen molar-refractivity contribution in [1.82, 2.24) is 31.2 Å². The fourth-order valence-corrected chi connectivity index (χ4v) is 7.48. The predicted octanol–water partition coefficient (Wildman–Crippen LogP) is 4.19. The van der Waals surface area contributed by atoms with Gasteiger partial charge in [0.15, 0.2) is 0 Å². The number of rotatable bonds is 9. The topological polar surface area (TPSA) is 180 Å². The fourth-order valence-electron chi connectivity index (χ4n) is 5.83. The van der Waals surface area contributed by atoms with E-state index in [2.05, 4.69) is 31.2 Å². The molecule has 9 N–H and O–H groups in total. The molecular formula is C35H42Cl2N8O3S. The molecule has 0 aliphatic carbocycles. The lowest BCUT2D eigenvalue weighted by Gasteiger charge is -2.25. The number of nitrogens with zero attached hydrogens (tertiary/aromatic N) is 1. The summed E-state index contributed by atoms with van der Waals surface area (Å²) in [6.45, 7) is 1.28. The van der Waals surface area contributed by atoms with Crippen LogP contribution in [0, 0.1) is 0 Å². The number of H-pyrrole nitrogens is 1. The van der Waals surface area contributed by atoms with Crippen LogP contribution in [0.25, 0.3) is 10.9 Å². The highest BCUT2D eigenvalue weighted by Gasteiger charge is 2.30. The minimum absolute atomic E-state index is 0.0972. The van der Waals surface area contributed by atoms with E-state index in [0.29, 0.717) is 77.3 Å². The summed E-state index contributed by atoms with van der Waals surface area (Å²) >= 11 is 14.5. The number of fused-ring (bicyclic) bond motifs is 3. The SMILES string of the molecule is NCCCC[C@@H]1NC(=O)[C@H](CCCN)NCc2cccnc2Sc2c(Cl)cc(Cl)cc2CNC(=O)[C@H](Cc2c[nH]c3ccccc23)NC1=O. The Kier molecular flexibility index (Phi) is 13.3. The molecule has 260 valence electrons. The van der Waals surface area contributed by atoms with Crippen molar-refractivity contribution in [3.63, 3.8) is 0 Å². The molecule has 0 bridgehead atoms. The van der Waals surface area contributed by atoms with Crippen molar-refractivity contribution < 1.29 is 14.4 Å². The second-order valence-corrected chi connectivity index (χ2v) is 13.8. The van der Waals surface area contributed by atoms with Crippen molar-refractivity contribution >= 4 is 63.6 Å². The van der Waals surface area contributed by atoms with Gasteiger partial charge in [-0.25, -0.2) is 4.98 Å². The second kappa shape index (κ2) is 17.8. The minimum Gasteiger partial charge on any atom is -0.361 e. The average Bonchev–Trinajstić information content (AvgIpc) is 3.50. The smallest absolute Gasteiger partial charge is 0.243 e. The molecule has 3 atom stereocenters. The average molecular weight is 726 g/mol. The lowest BCUT2D eigenvalue weighted by Crippen LogP contribution is -2.56. The number of halogens is 2. The zero-order valence-electron chi connectivity index (χ0n) is 27.1. The first-order valence-corrected chi connectivity index (χ1v) is 18.0. The highest BCUT2D eigenvalue weighted by Crippen LogP contribution is 2.38. The van der Waals surface area contributed by atoms with Crippen LogP contribution in [-0.4, -0.2) is 58.9 Å². The van der Waals surface area contributed by atoms with Gasteiger partial charge in [0.25, 0.3) is 0 Å². The summed E-state index contributed by atoms with van der Waals surface area (Å²) in [5.41, 5.74) is 14.9. The highest BCUT2D eigenvalue weighted by molar-refractivity contribution is 7.99. The number of benzene rings is 2. The molecule has 11 nitrogen and oxygen atoms in total. The van der Waals surface area contributed by atoms with Crippen molar-refractivity contribution in [3.05, 3.63) is 87.7 Å². The van der Waals surface area contributed by atoms with Crippen molar-refractivity contribution in [1.29, 1.82) is 0 Å². The molecule has 3 heterocycles. The zero-order valence-corrected chi connectivity index (χ0v) is 29.4. The van der Waals surface area contributed by atoms with Crippen molar-refractivity contribution in [2.45, 2.75) is 79.7 Å². The standard InChI is InChI=1S/C35H42Cl2N8O3S/c36-24-15-23-20-43-32(46)30(16-22-19-41-27-9-2-1-8-25(22)27)45-34(48)29(10-3-4-12-38)44-33(47)28(11-5-13-39)42-18-21-7-6-14-40-35(21)49-31(23)26(37)17-24/h1-2,6-9,14-15,17,19,28-30,41-42H,3-5,10-13,16,18,20,38-39H2,(H,43,46)(H,44,47)(H,45,48)/t28-,29-,30-/m0/s1. The van der Waals surface area contributed by atoms with Crippen LogP contribution < -0.4 is 32.7 Å². The molecule has 3 amide bonds. The number of unbranched alkanes of at least 4 members (excludes halogenated alkanes) is 1. The number of para-hydroxylation sites is 1. The first kappa shape index (κ1) is 36.6. The van der Waals surface area contributed by atoms with Gasteiger partial charge in [-0.05, 0) is 86.1 Å². The maximum absolute atomic E-state index is 14.0. The summed E-state index contributed by atoms with van der Waals surface area (Å²) in [6.07, 6.45) is 6.45. The Balaban J connectivity index is 1.54.